The molecule has 2 amide bonds. The maximum Gasteiger partial charge on any atom is 0.336 e. The van der Waals surface area contributed by atoms with Crippen LogP contribution in [0.2, 0.25) is 0 Å². The third-order valence-electron chi connectivity index (χ3n) is 3.10. The zero-order chi connectivity index (χ0) is 16.3. The first-order valence-corrected chi connectivity index (χ1v) is 6.71. The largest absolute Gasteiger partial charge is 0.480 e. The number of fused-ring (bicyclic) bond motifs is 1. The topological polar surface area (TPSA) is 109 Å². The number of anilines is 1. The molecule has 7 heteroatoms. The van der Waals surface area contributed by atoms with Gasteiger partial charge >= 0.3 is 17.6 Å². The lowest BCUT2D eigenvalue weighted by Crippen LogP contribution is -2.46. The van der Waals surface area contributed by atoms with Crippen LogP contribution >= 0.6 is 0 Å². The molecule has 0 aliphatic rings. The van der Waals surface area contributed by atoms with E-state index < -0.39 is 23.7 Å². The molecule has 116 valence electrons. The SMILES string of the molecule is CC(C)C(NC(=O)Nc1ccc2oc(=O)ccc2c1)C(=O)O. The number of hydrogen-bond donors (Lipinski definition) is 3. The first-order chi connectivity index (χ1) is 10.4. The number of benzene rings is 1. The number of carboxylic acid groups (broad SMARTS) is 1. The Morgan fingerprint density at radius 1 is 1.18 bits per heavy atom. The van der Waals surface area contributed by atoms with Crippen molar-refractivity contribution in [3.63, 3.8) is 0 Å². The summed E-state index contributed by atoms with van der Waals surface area (Å²) >= 11 is 0. The normalized spacial score (nSPS) is 12.1. The molecule has 0 saturated heterocycles. The molecule has 0 radical (unpaired) electrons. The van der Waals surface area contributed by atoms with Crippen molar-refractivity contribution in [2.45, 2.75) is 19.9 Å². The van der Waals surface area contributed by atoms with Gasteiger partial charge in [0.05, 0.1) is 0 Å². The Bertz CT molecular complexity index is 766. The summed E-state index contributed by atoms with van der Waals surface area (Å²) in [5.41, 5.74) is 0.419. The van der Waals surface area contributed by atoms with Crippen molar-refractivity contribution in [3.05, 3.63) is 40.8 Å². The van der Waals surface area contributed by atoms with Gasteiger partial charge in [0.25, 0.3) is 0 Å². The highest BCUT2D eigenvalue weighted by atomic mass is 16.4. The molecule has 1 unspecified atom stereocenters. The Labute approximate surface area is 125 Å². The molecule has 0 spiro atoms. The van der Waals surface area contributed by atoms with Crippen molar-refractivity contribution < 1.29 is 19.1 Å². The van der Waals surface area contributed by atoms with Crippen molar-refractivity contribution in [1.82, 2.24) is 5.32 Å². The van der Waals surface area contributed by atoms with Crippen molar-refractivity contribution in [1.29, 1.82) is 0 Å². The van der Waals surface area contributed by atoms with Gasteiger partial charge in [0.15, 0.2) is 0 Å². The lowest BCUT2D eigenvalue weighted by molar-refractivity contribution is -0.140. The molecule has 1 atom stereocenters. The second-order valence-corrected chi connectivity index (χ2v) is 5.17. The van der Waals surface area contributed by atoms with Crippen LogP contribution in [0.1, 0.15) is 13.8 Å². The van der Waals surface area contributed by atoms with Crippen LogP contribution in [0.25, 0.3) is 11.0 Å². The second kappa shape index (κ2) is 6.30. The Hall–Kier alpha value is -2.83. The average Bonchev–Trinajstić information content (AvgIpc) is 2.44. The first-order valence-electron chi connectivity index (χ1n) is 6.71. The number of carbonyl (C=O) groups is 2. The highest BCUT2D eigenvalue weighted by Crippen LogP contribution is 2.17. The molecular weight excluding hydrogens is 288 g/mol. The summed E-state index contributed by atoms with van der Waals surface area (Å²) in [5.74, 6) is -1.33. The first kappa shape index (κ1) is 15.6. The fraction of sp³-hybridized carbons (Fsp3) is 0.267. The van der Waals surface area contributed by atoms with Gasteiger partial charge in [-0.3, -0.25) is 0 Å². The number of urea groups is 1. The average molecular weight is 304 g/mol. The molecule has 22 heavy (non-hydrogen) atoms. The summed E-state index contributed by atoms with van der Waals surface area (Å²) in [6.45, 7) is 3.41. The fourth-order valence-corrected chi connectivity index (χ4v) is 1.97. The number of amides is 2. The molecule has 2 aromatic rings. The minimum Gasteiger partial charge on any atom is -0.480 e. The van der Waals surface area contributed by atoms with E-state index in [1.165, 1.54) is 6.07 Å². The van der Waals surface area contributed by atoms with Crippen LogP contribution in [-0.4, -0.2) is 23.1 Å². The molecule has 1 aromatic carbocycles. The number of rotatable bonds is 4. The zero-order valence-corrected chi connectivity index (χ0v) is 12.1. The Balaban J connectivity index is 2.13. The minimum absolute atomic E-state index is 0.242. The van der Waals surface area contributed by atoms with Crippen LogP contribution in [0.5, 0.6) is 0 Å². The molecule has 2 rings (SSSR count). The number of hydrogen-bond acceptors (Lipinski definition) is 4. The predicted molar refractivity (Wildman–Crippen MR) is 80.9 cm³/mol. The molecular formula is C15H16N2O5. The number of carbonyl (C=O) groups excluding carboxylic acids is 1. The molecule has 0 aliphatic carbocycles. The van der Waals surface area contributed by atoms with Crippen LogP contribution in [0.3, 0.4) is 0 Å². The van der Waals surface area contributed by atoms with Gasteiger partial charge in [0.1, 0.15) is 11.6 Å². The third-order valence-corrected chi connectivity index (χ3v) is 3.10. The van der Waals surface area contributed by atoms with Gasteiger partial charge in [-0.2, -0.15) is 0 Å². The maximum absolute atomic E-state index is 11.9. The van der Waals surface area contributed by atoms with E-state index in [2.05, 4.69) is 10.6 Å². The van der Waals surface area contributed by atoms with Gasteiger partial charge in [-0.05, 0) is 30.2 Å². The maximum atomic E-state index is 11.9. The summed E-state index contributed by atoms with van der Waals surface area (Å²) in [5, 5.41) is 14.6. The number of nitrogens with one attached hydrogen (secondary N) is 2. The van der Waals surface area contributed by atoms with Crippen LogP contribution in [0.15, 0.2) is 39.5 Å². The quantitative estimate of drug-likeness (QED) is 0.749. The summed E-state index contributed by atoms with van der Waals surface area (Å²) in [6.07, 6.45) is 0. The van der Waals surface area contributed by atoms with E-state index in [0.717, 1.165) is 0 Å². The van der Waals surface area contributed by atoms with Crippen LogP contribution < -0.4 is 16.3 Å². The van der Waals surface area contributed by atoms with Crippen LogP contribution in [0, 0.1) is 5.92 Å². The molecule has 3 N–H and O–H groups in total. The lowest BCUT2D eigenvalue weighted by Gasteiger charge is -2.18. The summed E-state index contributed by atoms with van der Waals surface area (Å²) in [7, 11) is 0. The van der Waals surface area contributed by atoms with E-state index in [0.29, 0.717) is 16.7 Å². The number of carboxylic acids is 1. The van der Waals surface area contributed by atoms with Gasteiger partial charge < -0.3 is 20.2 Å². The van der Waals surface area contributed by atoms with Crippen molar-refractivity contribution in [2.75, 3.05) is 5.32 Å². The molecule has 0 bridgehead atoms. The van der Waals surface area contributed by atoms with Crippen molar-refractivity contribution >= 4 is 28.7 Å². The van der Waals surface area contributed by atoms with E-state index >= 15 is 0 Å². The predicted octanol–water partition coefficient (Wildman–Crippen LogP) is 2.02. The van der Waals surface area contributed by atoms with E-state index in [1.54, 1.807) is 38.1 Å². The fourth-order valence-electron chi connectivity index (χ4n) is 1.97. The van der Waals surface area contributed by atoms with Gasteiger partial charge in [-0.1, -0.05) is 13.8 Å². The van der Waals surface area contributed by atoms with E-state index in [-0.39, 0.29) is 5.92 Å². The molecule has 1 aromatic heterocycles. The highest BCUT2D eigenvalue weighted by molar-refractivity contribution is 5.94. The Morgan fingerprint density at radius 3 is 2.55 bits per heavy atom. The lowest BCUT2D eigenvalue weighted by atomic mass is 10.1. The molecule has 0 saturated carbocycles. The standard InChI is InChI=1S/C15H16N2O5/c1-8(2)13(14(19)20)17-15(21)16-10-4-5-11-9(7-10)3-6-12(18)22-11/h3-8,13H,1-2H3,(H,19,20)(H2,16,17,21). The van der Waals surface area contributed by atoms with Crippen molar-refractivity contribution in [2.24, 2.45) is 5.92 Å². The van der Waals surface area contributed by atoms with Crippen molar-refractivity contribution in [3.8, 4) is 0 Å². The highest BCUT2D eigenvalue weighted by Gasteiger charge is 2.23. The summed E-state index contributed by atoms with van der Waals surface area (Å²) in [6, 6.07) is 6.03. The number of aliphatic carboxylic acids is 1. The molecule has 7 nitrogen and oxygen atoms in total. The van der Waals surface area contributed by atoms with Gasteiger partial charge in [-0.25, -0.2) is 14.4 Å². The van der Waals surface area contributed by atoms with E-state index in [9.17, 15) is 14.4 Å². The summed E-state index contributed by atoms with van der Waals surface area (Å²) < 4.78 is 4.99. The smallest absolute Gasteiger partial charge is 0.336 e. The van der Waals surface area contributed by atoms with Gasteiger partial charge in [-0.15, -0.1) is 0 Å². The summed E-state index contributed by atoms with van der Waals surface area (Å²) in [4.78, 5) is 34.0. The molecule has 0 fully saturated rings. The molecule has 1 heterocycles. The van der Waals surface area contributed by atoms with Gasteiger partial charge in [0, 0.05) is 17.1 Å². The second-order valence-electron chi connectivity index (χ2n) is 5.17. The third kappa shape index (κ3) is 3.63. The Kier molecular flexibility index (Phi) is 4.45. The Morgan fingerprint density at radius 2 is 1.91 bits per heavy atom. The van der Waals surface area contributed by atoms with Gasteiger partial charge in [0.2, 0.25) is 0 Å². The van der Waals surface area contributed by atoms with E-state index in [1.807, 2.05) is 0 Å². The molecule has 0 aliphatic heterocycles. The van der Waals surface area contributed by atoms with E-state index in [4.69, 9.17) is 9.52 Å². The minimum atomic E-state index is -1.09. The van der Waals surface area contributed by atoms with Crippen LogP contribution in [-0.2, 0) is 4.79 Å². The zero-order valence-electron chi connectivity index (χ0n) is 12.1. The van der Waals surface area contributed by atoms with Crippen LogP contribution in [0.4, 0.5) is 10.5 Å². The monoisotopic (exact) mass is 304 g/mol.